The highest BCUT2D eigenvalue weighted by molar-refractivity contribution is 7.17. The van der Waals surface area contributed by atoms with Crippen LogP contribution in [0.1, 0.15) is 11.6 Å². The average Bonchev–Trinajstić information content (AvgIpc) is 3.00. The smallest absolute Gasteiger partial charge is 0.380 e. The third kappa shape index (κ3) is 3.20. The Balaban J connectivity index is 0.00000192. The number of rotatable bonds is 3. The lowest BCUT2D eigenvalue weighted by Gasteiger charge is -2.13. The Kier molecular flexibility index (Phi) is 5.62. The van der Waals surface area contributed by atoms with E-state index in [-0.39, 0.29) is 22.9 Å². The molecule has 0 saturated heterocycles. The normalized spacial score (nSPS) is 11.7. The highest BCUT2D eigenvalue weighted by Gasteiger charge is 2.36. The Labute approximate surface area is 152 Å². The van der Waals surface area contributed by atoms with Crippen LogP contribution in [0.2, 0.25) is 5.02 Å². The molecule has 3 aromatic rings. The Morgan fingerprint density at radius 2 is 2.04 bits per heavy atom. The standard InChI is InChI=1S/C16H12ClNO3S.BrH/c1-21-16(20)14(10-4-2-3-5-12(10)17)18-8-6-13-11(15(18)19)7-9-22-13;/h2-9,14H,1H3;1H. The molecule has 1 aromatic carbocycles. The van der Waals surface area contributed by atoms with Gasteiger partial charge < -0.3 is 26.8 Å². The minimum Gasteiger partial charge on any atom is -1.00 e. The van der Waals surface area contributed by atoms with E-state index in [1.165, 1.54) is 23.0 Å². The van der Waals surface area contributed by atoms with Crippen LogP contribution in [-0.2, 0) is 9.53 Å². The van der Waals surface area contributed by atoms with Crippen LogP contribution in [-0.4, -0.2) is 18.2 Å². The molecular weight excluding hydrogens is 402 g/mol. The predicted octanol–water partition coefficient (Wildman–Crippen LogP) is 0.314. The van der Waals surface area contributed by atoms with Crippen LogP contribution in [0, 0.1) is 0 Å². The number of methoxy groups -OCH3 is 1. The predicted molar refractivity (Wildman–Crippen MR) is 85.3 cm³/mol. The Hall–Kier alpha value is -1.63. The van der Waals surface area contributed by atoms with Gasteiger partial charge in [0.05, 0.1) is 22.4 Å². The molecule has 1 N–H and O–H groups in total. The number of aromatic hydroxyl groups is 1. The van der Waals surface area contributed by atoms with Gasteiger partial charge in [-0.1, -0.05) is 29.8 Å². The summed E-state index contributed by atoms with van der Waals surface area (Å²) in [7, 11) is 1.31. The summed E-state index contributed by atoms with van der Waals surface area (Å²) in [5.41, 5.74) is 0.575. The van der Waals surface area contributed by atoms with Crippen molar-refractivity contribution in [3.63, 3.8) is 0 Å². The van der Waals surface area contributed by atoms with Crippen molar-refractivity contribution in [1.29, 1.82) is 0 Å². The fourth-order valence-electron chi connectivity index (χ4n) is 2.40. The first-order valence-electron chi connectivity index (χ1n) is 6.56. The van der Waals surface area contributed by atoms with E-state index in [0.29, 0.717) is 16.0 Å². The molecule has 0 bridgehead atoms. The van der Waals surface area contributed by atoms with Crippen LogP contribution >= 0.6 is 22.9 Å². The van der Waals surface area contributed by atoms with Gasteiger partial charge >= 0.3 is 11.8 Å². The number of carbonyl (C=O) groups is 1. The number of esters is 1. The number of hydrogen-bond donors (Lipinski definition) is 1. The van der Waals surface area contributed by atoms with Gasteiger partial charge in [0.25, 0.3) is 6.04 Å². The van der Waals surface area contributed by atoms with Crippen molar-refractivity contribution < 1.29 is 36.2 Å². The molecule has 23 heavy (non-hydrogen) atoms. The van der Waals surface area contributed by atoms with E-state index in [4.69, 9.17) is 16.3 Å². The number of nitrogens with zero attached hydrogens (tertiary/aromatic N) is 1. The lowest BCUT2D eigenvalue weighted by Crippen LogP contribution is -3.00. The van der Waals surface area contributed by atoms with Crippen molar-refractivity contribution in [2.45, 2.75) is 6.04 Å². The van der Waals surface area contributed by atoms with Crippen LogP contribution in [0.25, 0.3) is 10.1 Å². The third-order valence-electron chi connectivity index (χ3n) is 3.47. The summed E-state index contributed by atoms with van der Waals surface area (Å²) >= 11 is 7.74. The number of carbonyl (C=O) groups excluding carboxylic acids is 1. The summed E-state index contributed by atoms with van der Waals surface area (Å²) in [5.74, 6) is -0.489. The van der Waals surface area contributed by atoms with Crippen LogP contribution in [0.5, 0.6) is 5.88 Å². The van der Waals surface area contributed by atoms with E-state index >= 15 is 0 Å². The lowest BCUT2D eigenvalue weighted by atomic mass is 10.1. The second-order valence-electron chi connectivity index (χ2n) is 4.69. The molecule has 1 unspecified atom stereocenters. The van der Waals surface area contributed by atoms with Crippen molar-refractivity contribution >= 4 is 39.0 Å². The summed E-state index contributed by atoms with van der Waals surface area (Å²) in [6.07, 6.45) is 1.67. The molecule has 0 spiro atoms. The zero-order valence-electron chi connectivity index (χ0n) is 12.1. The molecule has 0 amide bonds. The van der Waals surface area contributed by atoms with Crippen molar-refractivity contribution in [1.82, 2.24) is 0 Å². The molecule has 2 heterocycles. The molecule has 120 valence electrons. The fourth-order valence-corrected chi connectivity index (χ4v) is 3.42. The van der Waals surface area contributed by atoms with Gasteiger partial charge in [0.2, 0.25) is 0 Å². The Morgan fingerprint density at radius 1 is 1.30 bits per heavy atom. The van der Waals surface area contributed by atoms with Gasteiger partial charge in [-0.05, 0) is 17.5 Å². The van der Waals surface area contributed by atoms with Crippen LogP contribution in [0.3, 0.4) is 0 Å². The molecule has 3 rings (SSSR count). The molecule has 0 aliphatic heterocycles. The van der Waals surface area contributed by atoms with Crippen molar-refractivity contribution in [3.8, 4) is 5.88 Å². The summed E-state index contributed by atoms with van der Waals surface area (Å²) in [5, 5.41) is 13.5. The quantitative estimate of drug-likeness (QED) is 0.496. The summed E-state index contributed by atoms with van der Waals surface area (Å²) in [6.45, 7) is 0. The summed E-state index contributed by atoms with van der Waals surface area (Å²) in [6, 6.07) is 9.84. The summed E-state index contributed by atoms with van der Waals surface area (Å²) in [4.78, 5) is 12.3. The third-order valence-corrected chi connectivity index (χ3v) is 4.70. The van der Waals surface area contributed by atoms with E-state index in [9.17, 15) is 9.90 Å². The number of halogens is 2. The summed E-state index contributed by atoms with van der Waals surface area (Å²) < 4.78 is 7.31. The maximum Gasteiger partial charge on any atom is 0.380 e. The van der Waals surface area contributed by atoms with Crippen molar-refractivity contribution in [2.75, 3.05) is 7.11 Å². The molecule has 0 radical (unpaired) electrons. The van der Waals surface area contributed by atoms with Crippen LogP contribution in [0.15, 0.2) is 48.0 Å². The monoisotopic (exact) mass is 413 g/mol. The van der Waals surface area contributed by atoms with E-state index in [1.54, 1.807) is 30.5 Å². The lowest BCUT2D eigenvalue weighted by molar-refractivity contribution is -0.706. The topological polar surface area (TPSA) is 50.4 Å². The first-order chi connectivity index (χ1) is 10.6. The van der Waals surface area contributed by atoms with Gasteiger partial charge in [-0.2, -0.15) is 0 Å². The zero-order valence-corrected chi connectivity index (χ0v) is 15.2. The SMILES string of the molecule is COC(=O)C(c1ccccc1Cl)[n+]1ccc2sccc2c1O.[Br-]. The molecule has 0 saturated carbocycles. The molecule has 4 nitrogen and oxygen atoms in total. The molecule has 0 aliphatic rings. The maximum atomic E-state index is 12.3. The van der Waals surface area contributed by atoms with Gasteiger partial charge in [0.1, 0.15) is 5.39 Å². The van der Waals surface area contributed by atoms with Gasteiger partial charge in [-0.3, -0.25) is 0 Å². The minimum absolute atomic E-state index is 0. The second kappa shape index (κ2) is 7.29. The molecule has 7 heteroatoms. The molecule has 0 fully saturated rings. The molecule has 0 aliphatic carbocycles. The molecule has 1 atom stereocenters. The maximum absolute atomic E-state index is 12.3. The van der Waals surface area contributed by atoms with Gasteiger partial charge in [0, 0.05) is 6.07 Å². The van der Waals surface area contributed by atoms with Crippen molar-refractivity contribution in [2.24, 2.45) is 0 Å². The first-order valence-corrected chi connectivity index (χ1v) is 7.82. The first kappa shape index (κ1) is 17.7. The van der Waals surface area contributed by atoms with Crippen molar-refractivity contribution in [3.05, 3.63) is 58.6 Å². The second-order valence-corrected chi connectivity index (χ2v) is 6.05. The fraction of sp³-hybridized carbons (Fsp3) is 0.125. The van der Waals surface area contributed by atoms with E-state index < -0.39 is 12.0 Å². The average molecular weight is 415 g/mol. The van der Waals surface area contributed by atoms with Gasteiger partial charge in [0.15, 0.2) is 6.20 Å². The minimum atomic E-state index is -0.844. The number of aromatic nitrogens is 1. The number of hydrogen-bond acceptors (Lipinski definition) is 4. The highest BCUT2D eigenvalue weighted by Crippen LogP contribution is 2.30. The molecular formula is C16H13BrClNO3S. The number of thiophene rings is 1. The van der Waals surface area contributed by atoms with E-state index in [2.05, 4.69) is 0 Å². The van der Waals surface area contributed by atoms with Crippen LogP contribution in [0.4, 0.5) is 0 Å². The highest BCUT2D eigenvalue weighted by atomic mass is 79.9. The number of fused-ring (bicyclic) bond motifs is 1. The zero-order chi connectivity index (χ0) is 15.7. The van der Waals surface area contributed by atoms with E-state index in [1.807, 2.05) is 17.5 Å². The van der Waals surface area contributed by atoms with Gasteiger partial charge in [-0.25, -0.2) is 4.79 Å². The van der Waals surface area contributed by atoms with E-state index in [0.717, 1.165) is 4.70 Å². The van der Waals surface area contributed by atoms with Crippen LogP contribution < -0.4 is 21.5 Å². The Bertz CT molecular complexity index is 852. The Morgan fingerprint density at radius 3 is 2.74 bits per heavy atom. The number of ether oxygens (including phenoxy) is 1. The number of pyridine rings is 1. The molecule has 2 aromatic heterocycles. The number of benzene rings is 1. The van der Waals surface area contributed by atoms with Gasteiger partial charge in [-0.15, -0.1) is 15.9 Å². The largest absolute Gasteiger partial charge is 1.00 e.